The third kappa shape index (κ3) is 2.83. The summed E-state index contributed by atoms with van der Waals surface area (Å²) < 4.78 is 5.45. The molecule has 1 rings (SSSR count). The quantitative estimate of drug-likeness (QED) is 0.549. The fourth-order valence-electron chi connectivity index (χ4n) is 2.41. The minimum absolute atomic E-state index is 0.215. The highest BCUT2D eigenvalue weighted by Gasteiger charge is 2.44. The van der Waals surface area contributed by atoms with Gasteiger partial charge in [-0.05, 0) is 31.1 Å². The molecule has 0 spiro atoms. The van der Waals surface area contributed by atoms with Crippen molar-refractivity contribution in [1.82, 2.24) is 0 Å². The van der Waals surface area contributed by atoms with Gasteiger partial charge in [-0.15, -0.1) is 0 Å². The van der Waals surface area contributed by atoms with Gasteiger partial charge in [0.2, 0.25) is 0 Å². The molecule has 1 aliphatic rings. The zero-order chi connectivity index (χ0) is 12.4. The molecule has 0 heterocycles. The molecular formula is C13H22O3. The highest BCUT2D eigenvalue weighted by atomic mass is 16.6. The van der Waals surface area contributed by atoms with Crippen LogP contribution in [-0.2, 0) is 14.3 Å². The van der Waals surface area contributed by atoms with Crippen LogP contribution in [0.3, 0.4) is 0 Å². The highest BCUT2D eigenvalue weighted by Crippen LogP contribution is 2.45. The zero-order valence-electron chi connectivity index (χ0n) is 10.7. The Kier molecular flexibility index (Phi) is 3.76. The molecule has 1 atom stereocenters. The summed E-state index contributed by atoms with van der Waals surface area (Å²) in [5, 5.41) is 0. The number of hydrogen-bond acceptors (Lipinski definition) is 3. The molecule has 0 aromatic rings. The molecule has 0 aromatic carbocycles. The lowest BCUT2D eigenvalue weighted by Crippen LogP contribution is -2.46. The van der Waals surface area contributed by atoms with E-state index in [0.29, 0.717) is 5.41 Å². The van der Waals surface area contributed by atoms with Gasteiger partial charge in [0.15, 0.2) is 0 Å². The van der Waals surface area contributed by atoms with Crippen molar-refractivity contribution in [3.8, 4) is 0 Å². The maximum Gasteiger partial charge on any atom is 0.303 e. The molecule has 0 bridgehead atoms. The minimum Gasteiger partial charge on any atom is -0.459 e. The average Bonchev–Trinajstić information content (AvgIpc) is 2.20. The van der Waals surface area contributed by atoms with E-state index in [-0.39, 0.29) is 11.9 Å². The van der Waals surface area contributed by atoms with Gasteiger partial charge in [0.05, 0.1) is 5.92 Å². The van der Waals surface area contributed by atoms with Crippen LogP contribution in [0.2, 0.25) is 0 Å². The largest absolute Gasteiger partial charge is 0.459 e. The number of ether oxygens (including phenoxy) is 1. The first-order valence-corrected chi connectivity index (χ1v) is 5.96. The van der Waals surface area contributed by atoms with E-state index in [1.54, 1.807) is 0 Å². The van der Waals surface area contributed by atoms with Gasteiger partial charge in [0.1, 0.15) is 11.9 Å². The lowest BCUT2D eigenvalue weighted by molar-refractivity contribution is -0.171. The van der Waals surface area contributed by atoms with Crippen molar-refractivity contribution in [2.75, 3.05) is 0 Å². The van der Waals surface area contributed by atoms with Crippen molar-refractivity contribution in [1.29, 1.82) is 0 Å². The summed E-state index contributed by atoms with van der Waals surface area (Å²) >= 11 is 0. The molecule has 1 fully saturated rings. The predicted molar refractivity (Wildman–Crippen MR) is 62.0 cm³/mol. The number of carbonyl (C=O) groups is 2. The summed E-state index contributed by atoms with van der Waals surface area (Å²) in [6, 6.07) is 0. The molecule has 1 saturated carbocycles. The first-order valence-electron chi connectivity index (χ1n) is 5.96. The maximum absolute atomic E-state index is 11.2. The van der Waals surface area contributed by atoms with Gasteiger partial charge in [-0.3, -0.25) is 4.79 Å². The second-order valence-corrected chi connectivity index (χ2v) is 5.75. The molecule has 92 valence electrons. The molecule has 0 saturated heterocycles. The summed E-state index contributed by atoms with van der Waals surface area (Å²) in [7, 11) is 0. The summed E-state index contributed by atoms with van der Waals surface area (Å²) in [5.74, 6) is -0.499. The first-order chi connectivity index (χ1) is 7.31. The smallest absolute Gasteiger partial charge is 0.303 e. The van der Waals surface area contributed by atoms with Crippen molar-refractivity contribution < 1.29 is 14.3 Å². The highest BCUT2D eigenvalue weighted by molar-refractivity contribution is 5.67. The van der Waals surface area contributed by atoms with Gasteiger partial charge < -0.3 is 9.53 Å². The molecule has 1 aliphatic carbocycles. The van der Waals surface area contributed by atoms with E-state index < -0.39 is 5.60 Å². The molecule has 1 unspecified atom stereocenters. The fraction of sp³-hybridized carbons (Fsp3) is 0.846. The van der Waals surface area contributed by atoms with Crippen molar-refractivity contribution in [3.63, 3.8) is 0 Å². The lowest BCUT2D eigenvalue weighted by atomic mass is 9.67. The normalized spacial score (nSPS) is 24.5. The van der Waals surface area contributed by atoms with Crippen molar-refractivity contribution in [2.45, 2.75) is 59.0 Å². The van der Waals surface area contributed by atoms with Crippen molar-refractivity contribution >= 4 is 12.3 Å². The van der Waals surface area contributed by atoms with Gasteiger partial charge in [-0.25, -0.2) is 0 Å². The summed E-state index contributed by atoms with van der Waals surface area (Å²) in [6.45, 7) is 7.69. The topological polar surface area (TPSA) is 43.4 Å². The Hall–Kier alpha value is -0.860. The fourth-order valence-corrected chi connectivity index (χ4v) is 2.41. The van der Waals surface area contributed by atoms with E-state index >= 15 is 0 Å². The monoisotopic (exact) mass is 226 g/mol. The number of hydrogen-bond donors (Lipinski definition) is 0. The molecular weight excluding hydrogens is 204 g/mol. The molecule has 0 amide bonds. The SMILES string of the molecule is CC(=O)OC1(C(C)C=O)CCC(C)(C)CC1. The van der Waals surface area contributed by atoms with E-state index in [4.69, 9.17) is 4.74 Å². The summed E-state index contributed by atoms with van der Waals surface area (Å²) in [5.41, 5.74) is -0.255. The number of carbonyl (C=O) groups excluding carboxylic acids is 2. The van der Waals surface area contributed by atoms with Crippen LogP contribution in [0.5, 0.6) is 0 Å². The van der Waals surface area contributed by atoms with Gasteiger partial charge in [0, 0.05) is 6.92 Å². The second kappa shape index (κ2) is 4.56. The summed E-state index contributed by atoms with van der Waals surface area (Å²) in [4.78, 5) is 22.1. The van der Waals surface area contributed by atoms with Crippen molar-refractivity contribution in [3.05, 3.63) is 0 Å². The van der Waals surface area contributed by atoms with Gasteiger partial charge in [0.25, 0.3) is 0 Å². The Morgan fingerprint density at radius 3 is 2.12 bits per heavy atom. The zero-order valence-corrected chi connectivity index (χ0v) is 10.7. The van der Waals surface area contributed by atoms with E-state index in [1.807, 2.05) is 6.92 Å². The molecule has 0 aliphatic heterocycles. The lowest BCUT2D eigenvalue weighted by Gasteiger charge is -2.44. The second-order valence-electron chi connectivity index (χ2n) is 5.75. The molecule has 16 heavy (non-hydrogen) atoms. The molecule has 0 aromatic heterocycles. The van der Waals surface area contributed by atoms with Gasteiger partial charge in [-0.2, -0.15) is 0 Å². The number of rotatable bonds is 3. The van der Waals surface area contributed by atoms with Crippen LogP contribution in [0.15, 0.2) is 0 Å². The first kappa shape index (κ1) is 13.2. The Labute approximate surface area is 97.5 Å². The average molecular weight is 226 g/mol. The van der Waals surface area contributed by atoms with Crippen LogP contribution < -0.4 is 0 Å². The van der Waals surface area contributed by atoms with Gasteiger partial charge in [-0.1, -0.05) is 20.8 Å². The van der Waals surface area contributed by atoms with Crippen LogP contribution in [0.4, 0.5) is 0 Å². The van der Waals surface area contributed by atoms with Crippen molar-refractivity contribution in [2.24, 2.45) is 11.3 Å². The van der Waals surface area contributed by atoms with Crippen LogP contribution >= 0.6 is 0 Å². The van der Waals surface area contributed by atoms with E-state index in [1.165, 1.54) is 6.92 Å². The van der Waals surface area contributed by atoms with Crippen LogP contribution in [0.1, 0.15) is 53.4 Å². The van der Waals surface area contributed by atoms with Crippen LogP contribution in [0, 0.1) is 11.3 Å². The Bertz CT molecular complexity index is 271. The standard InChI is InChI=1S/C13H22O3/c1-10(9-14)13(16-11(2)15)7-5-12(3,4)6-8-13/h9-10H,5-8H2,1-4H3. The Morgan fingerprint density at radius 1 is 1.25 bits per heavy atom. The summed E-state index contributed by atoms with van der Waals surface area (Å²) in [6.07, 6.45) is 4.48. The molecule has 3 nitrogen and oxygen atoms in total. The van der Waals surface area contributed by atoms with E-state index in [2.05, 4.69) is 13.8 Å². The van der Waals surface area contributed by atoms with Gasteiger partial charge >= 0.3 is 5.97 Å². The molecule has 0 radical (unpaired) electrons. The maximum atomic E-state index is 11.2. The van der Waals surface area contributed by atoms with Crippen LogP contribution in [0.25, 0.3) is 0 Å². The Morgan fingerprint density at radius 2 is 1.75 bits per heavy atom. The predicted octanol–water partition coefficient (Wildman–Crippen LogP) is 2.72. The van der Waals surface area contributed by atoms with E-state index in [9.17, 15) is 9.59 Å². The van der Waals surface area contributed by atoms with E-state index in [0.717, 1.165) is 32.0 Å². The molecule has 3 heteroatoms. The third-order valence-corrected chi connectivity index (χ3v) is 3.83. The number of aldehydes is 1. The Balaban J connectivity index is 2.82. The molecule has 0 N–H and O–H groups in total. The number of esters is 1. The minimum atomic E-state index is -0.552. The third-order valence-electron chi connectivity index (χ3n) is 3.83. The van der Waals surface area contributed by atoms with Crippen LogP contribution in [-0.4, -0.2) is 17.9 Å².